The van der Waals surface area contributed by atoms with Crippen LogP contribution in [0.25, 0.3) is 0 Å². The molecule has 2 heteroatoms. The van der Waals surface area contributed by atoms with E-state index in [1.54, 1.807) is 5.82 Å². The molecule has 260 valence electrons. The Morgan fingerprint density at radius 3 is 1.07 bits per heavy atom. The molecule has 1 heterocycles. The van der Waals surface area contributed by atoms with Crippen LogP contribution < -0.4 is 4.57 Å². The molecule has 0 unspecified atom stereocenters. The summed E-state index contributed by atoms with van der Waals surface area (Å²) in [5, 5.41) is 0. The second-order valence-electron chi connectivity index (χ2n) is 14.5. The first-order chi connectivity index (χ1) is 21.8. The van der Waals surface area contributed by atoms with Crippen molar-refractivity contribution in [2.45, 2.75) is 252 Å². The fourth-order valence-corrected chi connectivity index (χ4v) is 7.01. The first kappa shape index (κ1) is 41.2. The minimum absolute atomic E-state index is 1.20. The zero-order valence-corrected chi connectivity index (χ0v) is 31.0. The van der Waals surface area contributed by atoms with Crippen molar-refractivity contribution in [1.29, 1.82) is 0 Å². The molecule has 0 amide bonds. The van der Waals surface area contributed by atoms with Gasteiger partial charge in [-0.25, -0.2) is 9.13 Å². The van der Waals surface area contributed by atoms with Crippen molar-refractivity contribution >= 4 is 0 Å². The Labute approximate surface area is 279 Å². The summed E-state index contributed by atoms with van der Waals surface area (Å²) in [6.07, 6.45) is 53.5. The fraction of sp³-hybridized carbons (Fsp3) is 0.929. The van der Waals surface area contributed by atoms with Gasteiger partial charge < -0.3 is 0 Å². The first-order valence-electron chi connectivity index (χ1n) is 20.9. The minimum Gasteiger partial charge on any atom is -0.234 e. The number of aryl methyl sites for hydroxylation is 2. The molecule has 0 atom stereocenters. The van der Waals surface area contributed by atoms with Crippen LogP contribution in [0.4, 0.5) is 0 Å². The predicted octanol–water partition coefficient (Wildman–Crippen LogP) is 14.3. The number of hydrogen-bond acceptors (Lipinski definition) is 0. The zero-order chi connectivity index (χ0) is 31.6. The van der Waals surface area contributed by atoms with E-state index in [0.717, 1.165) is 0 Å². The van der Waals surface area contributed by atoms with E-state index >= 15 is 0 Å². The van der Waals surface area contributed by atoms with E-state index in [4.69, 9.17) is 0 Å². The van der Waals surface area contributed by atoms with E-state index in [0.29, 0.717) is 0 Å². The van der Waals surface area contributed by atoms with E-state index in [1.165, 1.54) is 231 Å². The largest absolute Gasteiger partial charge is 0.256 e. The normalized spacial score (nSPS) is 11.6. The monoisotopic (exact) mass is 616 g/mol. The van der Waals surface area contributed by atoms with E-state index < -0.39 is 0 Å². The molecule has 0 fully saturated rings. The van der Waals surface area contributed by atoms with Crippen LogP contribution >= 0.6 is 0 Å². The maximum Gasteiger partial charge on any atom is 0.256 e. The molecule has 1 rings (SSSR count). The highest BCUT2D eigenvalue weighted by atomic mass is 15.1. The third-order valence-corrected chi connectivity index (χ3v) is 10.1. The smallest absolute Gasteiger partial charge is 0.234 e. The Bertz CT molecular complexity index is 677. The molecule has 44 heavy (non-hydrogen) atoms. The summed E-state index contributed by atoms with van der Waals surface area (Å²) in [4.78, 5) is 0. The second kappa shape index (κ2) is 33.6. The molecule has 0 saturated carbocycles. The van der Waals surface area contributed by atoms with Crippen LogP contribution in [0.15, 0.2) is 12.4 Å². The molecule has 0 bridgehead atoms. The Balaban J connectivity index is 2.05. The third-order valence-electron chi connectivity index (χ3n) is 10.1. The van der Waals surface area contributed by atoms with Gasteiger partial charge in [-0.05, 0) is 25.7 Å². The van der Waals surface area contributed by atoms with Gasteiger partial charge in [0.15, 0.2) is 0 Å². The quantitative estimate of drug-likeness (QED) is 0.0524. The topological polar surface area (TPSA) is 8.81 Å². The van der Waals surface area contributed by atoms with Gasteiger partial charge in [-0.15, -0.1) is 0 Å². The second-order valence-corrected chi connectivity index (χ2v) is 14.5. The highest BCUT2D eigenvalue weighted by molar-refractivity contribution is 4.84. The molecule has 0 radical (unpaired) electrons. The van der Waals surface area contributed by atoms with Gasteiger partial charge in [0.2, 0.25) is 0 Å². The molecule has 2 nitrogen and oxygen atoms in total. The van der Waals surface area contributed by atoms with Gasteiger partial charge in [0.25, 0.3) is 5.82 Å². The molecule has 0 saturated heterocycles. The van der Waals surface area contributed by atoms with Crippen LogP contribution in [-0.2, 0) is 19.5 Å². The Morgan fingerprint density at radius 2 is 0.705 bits per heavy atom. The summed E-state index contributed by atoms with van der Waals surface area (Å²) in [7, 11) is 0. The highest BCUT2D eigenvalue weighted by Crippen LogP contribution is 2.16. The molecule has 0 N–H and O–H groups in total. The van der Waals surface area contributed by atoms with Crippen LogP contribution in [0.5, 0.6) is 0 Å². The number of nitrogens with zero attached hydrogens (tertiary/aromatic N) is 2. The number of hydrogen-bond donors (Lipinski definition) is 0. The summed E-state index contributed by atoms with van der Waals surface area (Å²) in [6.45, 7) is 9.37. The first-order valence-corrected chi connectivity index (χ1v) is 20.9. The molecule has 1 aromatic heterocycles. The molecular formula is C42H83N2+. The molecule has 0 aliphatic heterocycles. The summed E-state index contributed by atoms with van der Waals surface area (Å²) in [5.74, 6) is 1.61. The van der Waals surface area contributed by atoms with Gasteiger partial charge in [0.1, 0.15) is 12.4 Å². The molecule has 0 aromatic carbocycles. The number of imidazole rings is 1. The lowest BCUT2D eigenvalue weighted by molar-refractivity contribution is -0.704. The van der Waals surface area contributed by atoms with Gasteiger partial charge in [-0.2, -0.15) is 0 Å². The van der Waals surface area contributed by atoms with Crippen LogP contribution in [0.1, 0.15) is 238 Å². The van der Waals surface area contributed by atoms with Crippen molar-refractivity contribution in [3.05, 3.63) is 18.2 Å². The number of unbranched alkanes of at least 4 members (excludes halogenated alkanes) is 30. The number of aromatic nitrogens is 2. The lowest BCUT2D eigenvalue weighted by Crippen LogP contribution is -2.37. The average Bonchev–Trinajstić information content (AvgIpc) is 3.42. The Kier molecular flexibility index (Phi) is 31.5. The summed E-state index contributed by atoms with van der Waals surface area (Å²) < 4.78 is 5.20. The van der Waals surface area contributed by atoms with E-state index in [1.807, 2.05) is 0 Å². The molecular weight excluding hydrogens is 532 g/mol. The van der Waals surface area contributed by atoms with Crippen LogP contribution in [-0.4, -0.2) is 4.57 Å². The Morgan fingerprint density at radius 1 is 0.386 bits per heavy atom. The van der Waals surface area contributed by atoms with Crippen molar-refractivity contribution in [3.63, 3.8) is 0 Å². The predicted molar refractivity (Wildman–Crippen MR) is 198 cm³/mol. The molecule has 0 aliphatic carbocycles. The van der Waals surface area contributed by atoms with E-state index in [9.17, 15) is 0 Å². The summed E-state index contributed by atoms with van der Waals surface area (Å²) >= 11 is 0. The van der Waals surface area contributed by atoms with Gasteiger partial charge >= 0.3 is 0 Å². The Hall–Kier alpha value is -0.790. The van der Waals surface area contributed by atoms with Crippen molar-refractivity contribution < 1.29 is 4.57 Å². The summed E-state index contributed by atoms with van der Waals surface area (Å²) in [5.41, 5.74) is 0. The number of rotatable bonds is 36. The maximum absolute atomic E-state index is 2.61. The van der Waals surface area contributed by atoms with Gasteiger partial charge in [-0.1, -0.05) is 207 Å². The highest BCUT2D eigenvalue weighted by Gasteiger charge is 2.16. The van der Waals surface area contributed by atoms with E-state index in [2.05, 4.69) is 42.3 Å². The average molecular weight is 616 g/mol. The maximum atomic E-state index is 2.61. The van der Waals surface area contributed by atoms with Crippen molar-refractivity contribution in [2.75, 3.05) is 0 Å². The molecule has 0 spiro atoms. The lowest BCUT2D eigenvalue weighted by atomic mass is 10.0. The van der Waals surface area contributed by atoms with Crippen LogP contribution in [0, 0.1) is 0 Å². The van der Waals surface area contributed by atoms with Gasteiger partial charge in [-0.3, -0.25) is 0 Å². The fourth-order valence-electron chi connectivity index (χ4n) is 7.01. The lowest BCUT2D eigenvalue weighted by Gasteiger charge is -2.07. The zero-order valence-electron chi connectivity index (χ0n) is 31.0. The van der Waals surface area contributed by atoms with Crippen LogP contribution in [0.3, 0.4) is 0 Å². The van der Waals surface area contributed by atoms with Crippen molar-refractivity contribution in [3.8, 4) is 0 Å². The molecule has 1 aromatic rings. The SMILES string of the molecule is CCCCCCCCCCCCCCCCCCc1n(CCCCCCCCCCCCCCCCC)cc[n+]1CCCC. The summed E-state index contributed by atoms with van der Waals surface area (Å²) in [6, 6.07) is 0. The van der Waals surface area contributed by atoms with E-state index in [-0.39, 0.29) is 0 Å². The standard InChI is InChI=1S/C42H83N2/c1-4-7-10-12-14-16-18-20-22-23-25-27-29-31-33-35-37-42-43(38-9-6-3)40-41-44(42)39-36-34-32-30-28-26-24-21-19-17-15-13-11-8-5-2/h40-41H,4-39H2,1-3H3/q+1. The van der Waals surface area contributed by atoms with Crippen molar-refractivity contribution in [1.82, 2.24) is 4.57 Å². The molecule has 0 aliphatic rings. The van der Waals surface area contributed by atoms with Gasteiger partial charge in [0, 0.05) is 6.42 Å². The van der Waals surface area contributed by atoms with Crippen molar-refractivity contribution in [2.24, 2.45) is 0 Å². The van der Waals surface area contributed by atoms with Gasteiger partial charge in [0.05, 0.1) is 13.1 Å². The third kappa shape index (κ3) is 25.4. The van der Waals surface area contributed by atoms with Crippen LogP contribution in [0.2, 0.25) is 0 Å². The minimum atomic E-state index is 1.20.